The largest absolute Gasteiger partial charge is 0.361 e. The molecule has 3 rings (SSSR count). The molecule has 1 atom stereocenters. The standard InChI is InChI=1S/C17H26N4O/c1-13(2)17-9-16(19-22-17)12-20-7-4-5-15(10-20)11-21-8-6-18-14(21)3/h6,8-9,13,15H,4-5,7,10-12H2,1-3H3/t15-/m0/s1. The Balaban J connectivity index is 1.57. The second-order valence-corrected chi connectivity index (χ2v) is 6.75. The lowest BCUT2D eigenvalue weighted by molar-refractivity contribution is 0.152. The van der Waals surface area contributed by atoms with E-state index in [-0.39, 0.29) is 0 Å². The number of hydrogen-bond acceptors (Lipinski definition) is 4. The molecule has 0 amide bonds. The van der Waals surface area contributed by atoms with E-state index < -0.39 is 0 Å². The summed E-state index contributed by atoms with van der Waals surface area (Å²) in [6.07, 6.45) is 6.52. The molecule has 0 aromatic carbocycles. The molecule has 0 bridgehead atoms. The monoisotopic (exact) mass is 302 g/mol. The minimum Gasteiger partial charge on any atom is -0.361 e. The first-order valence-electron chi connectivity index (χ1n) is 8.27. The molecule has 0 saturated carbocycles. The van der Waals surface area contributed by atoms with E-state index in [0.29, 0.717) is 11.8 Å². The summed E-state index contributed by atoms with van der Waals surface area (Å²) in [5.41, 5.74) is 1.06. The van der Waals surface area contributed by atoms with Crippen LogP contribution in [0.4, 0.5) is 0 Å². The third-order valence-electron chi connectivity index (χ3n) is 4.51. The summed E-state index contributed by atoms with van der Waals surface area (Å²) in [7, 11) is 0. The number of aryl methyl sites for hydroxylation is 1. The molecule has 2 aromatic rings. The first kappa shape index (κ1) is 15.3. The van der Waals surface area contributed by atoms with Crippen LogP contribution in [0.2, 0.25) is 0 Å². The number of piperidine rings is 1. The highest BCUT2D eigenvalue weighted by atomic mass is 16.5. The molecule has 0 N–H and O–H groups in total. The van der Waals surface area contributed by atoms with Crippen molar-refractivity contribution in [3.63, 3.8) is 0 Å². The van der Waals surface area contributed by atoms with Gasteiger partial charge in [-0.15, -0.1) is 0 Å². The van der Waals surface area contributed by atoms with Gasteiger partial charge in [-0.3, -0.25) is 4.90 Å². The van der Waals surface area contributed by atoms with Crippen molar-refractivity contribution in [2.45, 2.75) is 52.6 Å². The van der Waals surface area contributed by atoms with Crippen LogP contribution in [0.5, 0.6) is 0 Å². The molecule has 0 aliphatic carbocycles. The fraction of sp³-hybridized carbons (Fsp3) is 0.647. The second kappa shape index (κ2) is 6.65. The van der Waals surface area contributed by atoms with Crippen LogP contribution in [-0.2, 0) is 13.1 Å². The third-order valence-corrected chi connectivity index (χ3v) is 4.51. The van der Waals surface area contributed by atoms with Crippen LogP contribution in [0.1, 0.15) is 49.9 Å². The van der Waals surface area contributed by atoms with E-state index in [9.17, 15) is 0 Å². The number of rotatable bonds is 5. The van der Waals surface area contributed by atoms with Gasteiger partial charge in [0, 0.05) is 44.0 Å². The number of hydrogen-bond donors (Lipinski definition) is 0. The van der Waals surface area contributed by atoms with Crippen molar-refractivity contribution in [2.75, 3.05) is 13.1 Å². The van der Waals surface area contributed by atoms with Gasteiger partial charge in [-0.25, -0.2) is 4.98 Å². The molecule has 1 aliphatic heterocycles. The topological polar surface area (TPSA) is 47.1 Å². The summed E-state index contributed by atoms with van der Waals surface area (Å²) < 4.78 is 7.67. The predicted molar refractivity (Wildman–Crippen MR) is 85.6 cm³/mol. The van der Waals surface area contributed by atoms with E-state index in [2.05, 4.69) is 52.6 Å². The van der Waals surface area contributed by atoms with E-state index in [0.717, 1.165) is 43.5 Å². The maximum Gasteiger partial charge on any atom is 0.139 e. The summed E-state index contributed by atoms with van der Waals surface area (Å²) in [6.45, 7) is 10.6. The molecule has 22 heavy (non-hydrogen) atoms. The molecule has 1 saturated heterocycles. The van der Waals surface area contributed by atoms with Gasteiger partial charge < -0.3 is 9.09 Å². The number of imidazole rings is 1. The zero-order valence-corrected chi connectivity index (χ0v) is 13.8. The van der Waals surface area contributed by atoms with Crippen LogP contribution in [0.25, 0.3) is 0 Å². The summed E-state index contributed by atoms with van der Waals surface area (Å²) in [5.74, 6) is 3.19. The summed E-state index contributed by atoms with van der Waals surface area (Å²) >= 11 is 0. The lowest BCUT2D eigenvalue weighted by Crippen LogP contribution is -2.36. The first-order valence-corrected chi connectivity index (χ1v) is 8.27. The Bertz CT molecular complexity index is 601. The predicted octanol–water partition coefficient (Wildman–Crippen LogP) is 3.22. The molecule has 2 aromatic heterocycles. The Morgan fingerprint density at radius 3 is 2.95 bits per heavy atom. The van der Waals surface area contributed by atoms with Gasteiger partial charge in [-0.05, 0) is 32.2 Å². The first-order chi connectivity index (χ1) is 10.6. The maximum absolute atomic E-state index is 5.41. The number of aromatic nitrogens is 3. The average molecular weight is 302 g/mol. The Hall–Kier alpha value is -1.62. The average Bonchev–Trinajstić information content (AvgIpc) is 3.10. The molecule has 0 unspecified atom stereocenters. The van der Waals surface area contributed by atoms with Crippen LogP contribution in [0.15, 0.2) is 23.0 Å². The van der Waals surface area contributed by atoms with Gasteiger partial charge in [-0.2, -0.15) is 0 Å². The van der Waals surface area contributed by atoms with Crippen LogP contribution in [0.3, 0.4) is 0 Å². The zero-order chi connectivity index (χ0) is 15.5. The molecule has 0 radical (unpaired) electrons. The number of likely N-dealkylation sites (tertiary alicyclic amines) is 1. The lowest BCUT2D eigenvalue weighted by Gasteiger charge is -2.32. The fourth-order valence-corrected chi connectivity index (χ4v) is 3.22. The van der Waals surface area contributed by atoms with Crippen LogP contribution < -0.4 is 0 Å². The van der Waals surface area contributed by atoms with Crippen LogP contribution in [-0.4, -0.2) is 32.7 Å². The van der Waals surface area contributed by atoms with Crippen molar-refractivity contribution in [2.24, 2.45) is 5.92 Å². The SMILES string of the molecule is Cc1nccn1C[C@H]1CCCN(Cc2cc(C(C)C)on2)C1. The summed E-state index contributed by atoms with van der Waals surface area (Å²) in [5, 5.41) is 4.21. The zero-order valence-electron chi connectivity index (χ0n) is 13.8. The summed E-state index contributed by atoms with van der Waals surface area (Å²) in [6, 6.07) is 2.11. The molecule has 3 heterocycles. The second-order valence-electron chi connectivity index (χ2n) is 6.75. The van der Waals surface area contributed by atoms with Crippen molar-refractivity contribution in [3.05, 3.63) is 35.7 Å². The van der Waals surface area contributed by atoms with Gasteiger partial charge in [0.05, 0.1) is 5.69 Å². The molecule has 1 fully saturated rings. The molecule has 0 spiro atoms. The van der Waals surface area contributed by atoms with Crippen molar-refractivity contribution >= 4 is 0 Å². The van der Waals surface area contributed by atoms with E-state index in [4.69, 9.17) is 4.52 Å². The normalized spacial score (nSPS) is 19.9. The van der Waals surface area contributed by atoms with Gasteiger partial charge in [0.25, 0.3) is 0 Å². The van der Waals surface area contributed by atoms with E-state index >= 15 is 0 Å². The molecular formula is C17H26N4O. The quantitative estimate of drug-likeness (QED) is 0.851. The summed E-state index contributed by atoms with van der Waals surface area (Å²) in [4.78, 5) is 6.82. The minimum absolute atomic E-state index is 0.402. The molecule has 5 nitrogen and oxygen atoms in total. The van der Waals surface area contributed by atoms with Crippen molar-refractivity contribution in [3.8, 4) is 0 Å². The third kappa shape index (κ3) is 3.58. The van der Waals surface area contributed by atoms with Crippen LogP contribution in [0, 0.1) is 12.8 Å². The minimum atomic E-state index is 0.402. The van der Waals surface area contributed by atoms with Gasteiger partial charge in [0.1, 0.15) is 11.6 Å². The van der Waals surface area contributed by atoms with E-state index in [1.807, 2.05) is 6.20 Å². The highest BCUT2D eigenvalue weighted by molar-refractivity contribution is 5.08. The maximum atomic E-state index is 5.41. The van der Waals surface area contributed by atoms with Gasteiger partial charge in [0.15, 0.2) is 0 Å². The fourth-order valence-electron chi connectivity index (χ4n) is 3.22. The lowest BCUT2D eigenvalue weighted by atomic mass is 9.97. The van der Waals surface area contributed by atoms with Gasteiger partial charge >= 0.3 is 0 Å². The van der Waals surface area contributed by atoms with Crippen molar-refractivity contribution < 1.29 is 4.52 Å². The number of nitrogens with zero attached hydrogens (tertiary/aromatic N) is 4. The van der Waals surface area contributed by atoms with Crippen LogP contribution >= 0.6 is 0 Å². The molecule has 120 valence electrons. The van der Waals surface area contributed by atoms with E-state index in [1.165, 1.54) is 12.8 Å². The molecule has 1 aliphatic rings. The Morgan fingerprint density at radius 1 is 1.41 bits per heavy atom. The Labute approximate surface area is 132 Å². The molecule has 5 heteroatoms. The highest BCUT2D eigenvalue weighted by Gasteiger charge is 2.22. The van der Waals surface area contributed by atoms with Crippen molar-refractivity contribution in [1.29, 1.82) is 0 Å². The van der Waals surface area contributed by atoms with E-state index in [1.54, 1.807) is 0 Å². The van der Waals surface area contributed by atoms with Crippen molar-refractivity contribution in [1.82, 2.24) is 19.6 Å². The molecular weight excluding hydrogens is 276 g/mol. The smallest absolute Gasteiger partial charge is 0.139 e. The Morgan fingerprint density at radius 2 is 2.27 bits per heavy atom. The van der Waals surface area contributed by atoms with Gasteiger partial charge in [0.2, 0.25) is 0 Å². The van der Waals surface area contributed by atoms with Gasteiger partial charge in [-0.1, -0.05) is 19.0 Å². The highest BCUT2D eigenvalue weighted by Crippen LogP contribution is 2.22. The Kier molecular flexibility index (Phi) is 4.62.